The van der Waals surface area contributed by atoms with Crippen molar-refractivity contribution in [3.8, 4) is 0 Å². The molecule has 0 aromatic heterocycles. The minimum absolute atomic E-state index is 0.0693. The van der Waals surface area contributed by atoms with Gasteiger partial charge in [0, 0.05) is 24.9 Å². The summed E-state index contributed by atoms with van der Waals surface area (Å²) in [5.74, 6) is 0.806. The van der Waals surface area contributed by atoms with Gasteiger partial charge >= 0.3 is 0 Å². The molecule has 0 fully saturated rings. The van der Waals surface area contributed by atoms with Crippen molar-refractivity contribution in [1.29, 1.82) is 0 Å². The van der Waals surface area contributed by atoms with Gasteiger partial charge in [-0.05, 0) is 25.8 Å². The van der Waals surface area contributed by atoms with Crippen LogP contribution in [-0.4, -0.2) is 51.0 Å². The maximum Gasteiger partial charge on any atom is 0.148 e. The van der Waals surface area contributed by atoms with Gasteiger partial charge in [0.1, 0.15) is 9.84 Å². The Labute approximate surface area is 113 Å². The van der Waals surface area contributed by atoms with E-state index in [1.54, 1.807) is 0 Å². The van der Waals surface area contributed by atoms with Crippen molar-refractivity contribution in [2.75, 3.05) is 32.1 Å². The molecule has 0 aliphatic rings. The van der Waals surface area contributed by atoms with Crippen molar-refractivity contribution in [2.45, 2.75) is 45.6 Å². The highest BCUT2D eigenvalue weighted by molar-refractivity contribution is 7.90. The number of hydrogen-bond donors (Lipinski definition) is 1. The summed E-state index contributed by atoms with van der Waals surface area (Å²) in [6, 6.07) is 0. The fraction of sp³-hybridized carbons (Fsp3) is 1.00. The van der Waals surface area contributed by atoms with Gasteiger partial charge in [0.25, 0.3) is 0 Å². The minimum atomic E-state index is -2.91. The first-order valence-corrected chi connectivity index (χ1v) is 8.85. The van der Waals surface area contributed by atoms with Gasteiger partial charge < -0.3 is 5.73 Å². The van der Waals surface area contributed by atoms with Crippen LogP contribution < -0.4 is 5.73 Å². The molecule has 0 amide bonds. The molecule has 0 saturated heterocycles. The molecule has 0 radical (unpaired) electrons. The number of sulfone groups is 1. The standard InChI is InChI=1S/C13H30N2O2S/c1-6-12(3)10-13(7-2,11-14)15(4)8-9-18(5,16)17/h12H,6-11,14H2,1-5H3. The highest BCUT2D eigenvalue weighted by Gasteiger charge is 2.32. The van der Waals surface area contributed by atoms with Gasteiger partial charge in [-0.1, -0.05) is 27.2 Å². The normalized spacial score (nSPS) is 17.7. The van der Waals surface area contributed by atoms with Crippen LogP contribution in [0.3, 0.4) is 0 Å². The maximum atomic E-state index is 11.3. The van der Waals surface area contributed by atoms with Crippen LogP contribution >= 0.6 is 0 Å². The molecule has 110 valence electrons. The highest BCUT2D eigenvalue weighted by atomic mass is 32.2. The summed E-state index contributed by atoms with van der Waals surface area (Å²) in [6.07, 6.45) is 4.39. The second-order valence-electron chi connectivity index (χ2n) is 5.55. The fourth-order valence-corrected chi connectivity index (χ4v) is 2.89. The number of nitrogens with zero attached hydrogens (tertiary/aromatic N) is 1. The van der Waals surface area contributed by atoms with E-state index in [1.165, 1.54) is 6.26 Å². The average Bonchev–Trinajstić information content (AvgIpc) is 2.31. The zero-order chi connectivity index (χ0) is 14.4. The highest BCUT2D eigenvalue weighted by Crippen LogP contribution is 2.27. The van der Waals surface area contributed by atoms with Crippen molar-refractivity contribution >= 4 is 9.84 Å². The first kappa shape index (κ1) is 17.9. The Bertz CT molecular complexity index is 324. The van der Waals surface area contributed by atoms with Gasteiger partial charge in [-0.2, -0.15) is 0 Å². The Morgan fingerprint density at radius 3 is 2.22 bits per heavy atom. The number of rotatable bonds is 9. The molecule has 2 N–H and O–H groups in total. The topological polar surface area (TPSA) is 63.4 Å². The van der Waals surface area contributed by atoms with Crippen LogP contribution in [0.5, 0.6) is 0 Å². The molecule has 0 aliphatic carbocycles. The van der Waals surface area contributed by atoms with E-state index in [4.69, 9.17) is 5.73 Å². The monoisotopic (exact) mass is 278 g/mol. The molecule has 5 heteroatoms. The molecule has 0 rings (SSSR count). The molecule has 0 heterocycles. The third-order valence-electron chi connectivity index (χ3n) is 4.07. The lowest BCUT2D eigenvalue weighted by molar-refractivity contribution is 0.0990. The third-order valence-corrected chi connectivity index (χ3v) is 4.99. The molecule has 0 aliphatic heterocycles. The van der Waals surface area contributed by atoms with Gasteiger partial charge in [0.15, 0.2) is 0 Å². The largest absolute Gasteiger partial charge is 0.329 e. The summed E-state index contributed by atoms with van der Waals surface area (Å²) in [7, 11) is -0.922. The summed E-state index contributed by atoms with van der Waals surface area (Å²) in [6.45, 7) is 7.67. The second kappa shape index (κ2) is 7.46. The van der Waals surface area contributed by atoms with Crippen molar-refractivity contribution in [3.63, 3.8) is 0 Å². The first-order valence-electron chi connectivity index (χ1n) is 6.79. The molecule has 18 heavy (non-hydrogen) atoms. The molecule has 2 unspecified atom stereocenters. The Hall–Kier alpha value is -0.130. The van der Waals surface area contributed by atoms with Crippen molar-refractivity contribution in [3.05, 3.63) is 0 Å². The van der Waals surface area contributed by atoms with E-state index in [9.17, 15) is 8.42 Å². The minimum Gasteiger partial charge on any atom is -0.329 e. The first-order chi connectivity index (χ1) is 8.20. The summed E-state index contributed by atoms with van der Waals surface area (Å²) in [5.41, 5.74) is 5.90. The molecular weight excluding hydrogens is 248 g/mol. The van der Waals surface area contributed by atoms with Gasteiger partial charge in [0.05, 0.1) is 5.75 Å². The predicted octanol–water partition coefficient (Wildman–Crippen LogP) is 1.51. The summed E-state index contributed by atoms with van der Waals surface area (Å²) in [5, 5.41) is 0. The molecule has 0 saturated carbocycles. The number of hydrogen-bond acceptors (Lipinski definition) is 4. The van der Waals surface area contributed by atoms with Crippen LogP contribution in [0.4, 0.5) is 0 Å². The zero-order valence-electron chi connectivity index (χ0n) is 12.6. The molecule has 2 atom stereocenters. The smallest absolute Gasteiger partial charge is 0.148 e. The van der Waals surface area contributed by atoms with E-state index in [0.29, 0.717) is 19.0 Å². The second-order valence-corrected chi connectivity index (χ2v) is 7.81. The van der Waals surface area contributed by atoms with Crippen LogP contribution in [0.2, 0.25) is 0 Å². The van der Waals surface area contributed by atoms with E-state index < -0.39 is 9.84 Å². The number of likely N-dealkylation sites (N-methyl/N-ethyl adjacent to an activating group) is 1. The van der Waals surface area contributed by atoms with Gasteiger partial charge in [-0.25, -0.2) is 8.42 Å². The number of nitrogens with two attached hydrogens (primary N) is 1. The quantitative estimate of drug-likeness (QED) is 0.694. The zero-order valence-corrected chi connectivity index (χ0v) is 13.4. The summed E-state index contributed by atoms with van der Waals surface area (Å²) >= 11 is 0. The van der Waals surface area contributed by atoms with E-state index >= 15 is 0 Å². The summed E-state index contributed by atoms with van der Waals surface area (Å²) in [4.78, 5) is 2.14. The summed E-state index contributed by atoms with van der Waals surface area (Å²) < 4.78 is 22.5. The van der Waals surface area contributed by atoms with Crippen LogP contribution in [0, 0.1) is 5.92 Å². The molecule has 0 bridgehead atoms. The predicted molar refractivity (Wildman–Crippen MR) is 78.5 cm³/mol. The van der Waals surface area contributed by atoms with Crippen molar-refractivity contribution in [2.24, 2.45) is 11.7 Å². The fourth-order valence-electron chi connectivity index (χ4n) is 2.29. The van der Waals surface area contributed by atoms with Gasteiger partial charge in [-0.15, -0.1) is 0 Å². The molecular formula is C13H30N2O2S. The lowest BCUT2D eigenvalue weighted by Crippen LogP contribution is -2.53. The molecule has 0 aromatic carbocycles. The average molecular weight is 278 g/mol. The Morgan fingerprint density at radius 1 is 1.33 bits per heavy atom. The molecule has 0 aromatic rings. The van der Waals surface area contributed by atoms with Gasteiger partial charge in [-0.3, -0.25) is 4.90 Å². The van der Waals surface area contributed by atoms with E-state index in [-0.39, 0.29) is 11.3 Å². The van der Waals surface area contributed by atoms with Crippen LogP contribution in [0.1, 0.15) is 40.0 Å². The molecule has 0 spiro atoms. The lowest BCUT2D eigenvalue weighted by Gasteiger charge is -2.42. The van der Waals surface area contributed by atoms with Crippen LogP contribution in [0.25, 0.3) is 0 Å². The molecule has 4 nitrogen and oxygen atoms in total. The van der Waals surface area contributed by atoms with Crippen LogP contribution in [-0.2, 0) is 9.84 Å². The van der Waals surface area contributed by atoms with Crippen molar-refractivity contribution < 1.29 is 8.42 Å². The third kappa shape index (κ3) is 5.67. The Balaban J connectivity index is 4.75. The Kier molecular flexibility index (Phi) is 7.40. The van der Waals surface area contributed by atoms with Crippen molar-refractivity contribution in [1.82, 2.24) is 4.90 Å². The van der Waals surface area contributed by atoms with Gasteiger partial charge in [0.2, 0.25) is 0 Å². The van der Waals surface area contributed by atoms with Crippen LogP contribution in [0.15, 0.2) is 0 Å². The van der Waals surface area contributed by atoms with E-state index in [0.717, 1.165) is 19.3 Å². The maximum absolute atomic E-state index is 11.3. The lowest BCUT2D eigenvalue weighted by atomic mass is 9.83. The Morgan fingerprint density at radius 2 is 1.89 bits per heavy atom. The SMILES string of the molecule is CCC(C)CC(CC)(CN)N(C)CCS(C)(=O)=O. The van der Waals surface area contributed by atoms with E-state index in [1.807, 2.05) is 7.05 Å². The van der Waals surface area contributed by atoms with E-state index in [2.05, 4.69) is 25.7 Å².